The minimum Gasteiger partial charge on any atom is -0.466 e. The van der Waals surface area contributed by atoms with E-state index < -0.39 is 0 Å². The summed E-state index contributed by atoms with van der Waals surface area (Å²) in [4.78, 5) is 11.0. The Morgan fingerprint density at radius 1 is 1.77 bits per heavy atom. The molecule has 13 heavy (non-hydrogen) atoms. The molecule has 0 spiro atoms. The lowest BCUT2D eigenvalue weighted by Crippen LogP contribution is -2.15. The van der Waals surface area contributed by atoms with Gasteiger partial charge in [-0.1, -0.05) is 13.0 Å². The Morgan fingerprint density at radius 3 is 3.00 bits per heavy atom. The van der Waals surface area contributed by atoms with Gasteiger partial charge in [0, 0.05) is 11.5 Å². The summed E-state index contributed by atoms with van der Waals surface area (Å²) in [6, 6.07) is 0. The van der Waals surface area contributed by atoms with Crippen molar-refractivity contribution in [3.8, 4) is 0 Å². The molecule has 1 saturated heterocycles. The van der Waals surface area contributed by atoms with Crippen LogP contribution in [0.4, 0.5) is 0 Å². The van der Waals surface area contributed by atoms with Crippen LogP contribution in [-0.4, -0.2) is 26.3 Å². The molecular formula is C10H14O3. The lowest BCUT2D eigenvalue weighted by atomic mass is 9.85. The highest BCUT2D eigenvalue weighted by Gasteiger charge is 2.32. The fourth-order valence-electron chi connectivity index (χ4n) is 1.23. The number of carbonyl (C=O) groups is 1. The summed E-state index contributed by atoms with van der Waals surface area (Å²) in [5.41, 5.74) is 0.711. The first-order valence-corrected chi connectivity index (χ1v) is 4.13. The summed E-state index contributed by atoms with van der Waals surface area (Å²) in [6.45, 7) is 6.78. The van der Waals surface area contributed by atoms with Gasteiger partial charge in [0.25, 0.3) is 0 Å². The van der Waals surface area contributed by atoms with Crippen molar-refractivity contribution < 1.29 is 14.3 Å². The van der Waals surface area contributed by atoms with Crippen LogP contribution in [0.1, 0.15) is 6.92 Å². The van der Waals surface area contributed by atoms with E-state index in [1.807, 2.05) is 6.92 Å². The van der Waals surface area contributed by atoms with Crippen molar-refractivity contribution in [1.82, 2.24) is 0 Å². The SMILES string of the molecule is C=C[C@]1(C)COC/C1=C\C(=O)OC. The number of rotatable bonds is 2. The van der Waals surface area contributed by atoms with Crippen molar-refractivity contribution in [2.45, 2.75) is 6.92 Å². The Morgan fingerprint density at radius 2 is 2.46 bits per heavy atom. The van der Waals surface area contributed by atoms with Gasteiger partial charge in [-0.15, -0.1) is 6.58 Å². The lowest BCUT2D eigenvalue weighted by Gasteiger charge is -2.17. The first kappa shape index (κ1) is 9.99. The number of ether oxygens (including phenoxy) is 2. The van der Waals surface area contributed by atoms with Crippen molar-refractivity contribution in [3.05, 3.63) is 24.3 Å². The van der Waals surface area contributed by atoms with Crippen molar-refractivity contribution in [2.24, 2.45) is 5.41 Å². The van der Waals surface area contributed by atoms with E-state index in [0.717, 1.165) is 5.57 Å². The molecule has 0 aromatic carbocycles. The van der Waals surface area contributed by atoms with Crippen LogP contribution in [0.5, 0.6) is 0 Å². The molecule has 0 amide bonds. The third kappa shape index (κ3) is 1.98. The van der Waals surface area contributed by atoms with Crippen LogP contribution in [0, 0.1) is 5.41 Å². The second-order valence-corrected chi connectivity index (χ2v) is 3.31. The summed E-state index contributed by atoms with van der Waals surface area (Å²) in [6.07, 6.45) is 3.28. The van der Waals surface area contributed by atoms with Gasteiger partial charge in [-0.25, -0.2) is 4.79 Å². The fraction of sp³-hybridized carbons (Fsp3) is 0.500. The van der Waals surface area contributed by atoms with Crippen molar-refractivity contribution >= 4 is 5.97 Å². The van der Waals surface area contributed by atoms with Gasteiger partial charge >= 0.3 is 5.97 Å². The van der Waals surface area contributed by atoms with Gasteiger partial charge in [0.05, 0.1) is 20.3 Å². The second-order valence-electron chi connectivity index (χ2n) is 3.31. The fourth-order valence-corrected chi connectivity index (χ4v) is 1.23. The molecule has 0 aliphatic carbocycles. The van der Waals surface area contributed by atoms with E-state index in [0.29, 0.717) is 13.2 Å². The Kier molecular flexibility index (Phi) is 2.88. The number of hydrogen-bond acceptors (Lipinski definition) is 3. The molecule has 1 aliphatic heterocycles. The van der Waals surface area contributed by atoms with E-state index in [2.05, 4.69) is 11.3 Å². The van der Waals surface area contributed by atoms with E-state index in [-0.39, 0.29) is 11.4 Å². The van der Waals surface area contributed by atoms with Gasteiger partial charge in [0.2, 0.25) is 0 Å². The molecule has 0 N–H and O–H groups in total. The maximum atomic E-state index is 11.0. The zero-order valence-corrected chi connectivity index (χ0v) is 8.00. The molecule has 1 aliphatic rings. The number of hydrogen-bond donors (Lipinski definition) is 0. The Hall–Kier alpha value is -1.09. The smallest absolute Gasteiger partial charge is 0.330 e. The molecule has 1 heterocycles. The average Bonchev–Trinajstić information content (AvgIpc) is 2.49. The monoisotopic (exact) mass is 182 g/mol. The van der Waals surface area contributed by atoms with Gasteiger partial charge in [0.1, 0.15) is 0 Å². The highest BCUT2D eigenvalue weighted by molar-refractivity contribution is 5.83. The van der Waals surface area contributed by atoms with Crippen molar-refractivity contribution in [2.75, 3.05) is 20.3 Å². The van der Waals surface area contributed by atoms with Crippen LogP contribution in [0.25, 0.3) is 0 Å². The van der Waals surface area contributed by atoms with Gasteiger partial charge < -0.3 is 9.47 Å². The summed E-state index contributed by atoms with van der Waals surface area (Å²) in [7, 11) is 1.36. The van der Waals surface area contributed by atoms with Gasteiger partial charge in [-0.05, 0) is 5.57 Å². The standard InChI is InChI=1S/C10H14O3/c1-4-10(2)7-13-6-8(10)5-9(11)12-3/h4-5H,1,6-7H2,2-3H3/b8-5+/t10-/m1/s1. The molecule has 1 rings (SSSR count). The third-order valence-electron chi connectivity index (χ3n) is 2.34. The predicted molar refractivity (Wildman–Crippen MR) is 49.2 cm³/mol. The highest BCUT2D eigenvalue weighted by atomic mass is 16.5. The van der Waals surface area contributed by atoms with Gasteiger partial charge in [-0.3, -0.25) is 0 Å². The van der Waals surface area contributed by atoms with E-state index in [4.69, 9.17) is 4.74 Å². The van der Waals surface area contributed by atoms with Gasteiger partial charge in [-0.2, -0.15) is 0 Å². The van der Waals surface area contributed by atoms with Crippen LogP contribution in [0.3, 0.4) is 0 Å². The van der Waals surface area contributed by atoms with Crippen LogP contribution >= 0.6 is 0 Å². The highest BCUT2D eigenvalue weighted by Crippen LogP contribution is 2.34. The van der Waals surface area contributed by atoms with E-state index >= 15 is 0 Å². The minimum absolute atomic E-state index is 0.214. The summed E-state index contributed by atoms with van der Waals surface area (Å²) in [5.74, 6) is -0.339. The molecular weight excluding hydrogens is 168 g/mol. The predicted octanol–water partition coefficient (Wildman–Crippen LogP) is 1.31. The summed E-state index contributed by atoms with van der Waals surface area (Å²) < 4.78 is 9.81. The molecule has 0 radical (unpaired) electrons. The molecule has 72 valence electrons. The number of esters is 1. The summed E-state index contributed by atoms with van der Waals surface area (Å²) in [5, 5.41) is 0. The molecule has 0 aromatic heterocycles. The second kappa shape index (κ2) is 3.75. The molecule has 1 fully saturated rings. The van der Waals surface area contributed by atoms with E-state index in [9.17, 15) is 4.79 Å². The van der Waals surface area contributed by atoms with E-state index in [1.54, 1.807) is 6.08 Å². The van der Waals surface area contributed by atoms with E-state index in [1.165, 1.54) is 13.2 Å². The molecule has 0 bridgehead atoms. The zero-order chi connectivity index (χ0) is 9.90. The molecule has 1 atom stereocenters. The summed E-state index contributed by atoms with van der Waals surface area (Å²) >= 11 is 0. The lowest BCUT2D eigenvalue weighted by molar-refractivity contribution is -0.134. The van der Waals surface area contributed by atoms with Crippen molar-refractivity contribution in [3.63, 3.8) is 0 Å². The van der Waals surface area contributed by atoms with Crippen LogP contribution in [-0.2, 0) is 14.3 Å². The molecule has 0 aromatic rings. The largest absolute Gasteiger partial charge is 0.466 e. The molecule has 3 nitrogen and oxygen atoms in total. The maximum absolute atomic E-state index is 11.0. The molecule has 0 saturated carbocycles. The quantitative estimate of drug-likeness (QED) is 0.367. The van der Waals surface area contributed by atoms with Crippen LogP contribution in [0.15, 0.2) is 24.3 Å². The van der Waals surface area contributed by atoms with Gasteiger partial charge in [0.15, 0.2) is 0 Å². The third-order valence-corrected chi connectivity index (χ3v) is 2.34. The molecule has 3 heteroatoms. The Bertz CT molecular complexity index is 255. The maximum Gasteiger partial charge on any atom is 0.330 e. The normalized spacial score (nSPS) is 30.5. The van der Waals surface area contributed by atoms with Crippen LogP contribution in [0.2, 0.25) is 0 Å². The first-order valence-electron chi connectivity index (χ1n) is 4.13. The topological polar surface area (TPSA) is 35.5 Å². The Balaban J connectivity index is 2.85. The van der Waals surface area contributed by atoms with Crippen LogP contribution < -0.4 is 0 Å². The Labute approximate surface area is 78.0 Å². The minimum atomic E-state index is -0.339. The first-order chi connectivity index (χ1) is 6.12. The average molecular weight is 182 g/mol. The number of carbonyl (C=O) groups excluding carboxylic acids is 1. The zero-order valence-electron chi connectivity index (χ0n) is 8.00. The number of methoxy groups -OCH3 is 1. The molecule has 0 unspecified atom stereocenters. The van der Waals surface area contributed by atoms with Crippen molar-refractivity contribution in [1.29, 1.82) is 0 Å².